The Hall–Kier alpha value is -1.37. The smallest absolute Gasteiger partial charge is 0.123 e. The highest BCUT2D eigenvalue weighted by molar-refractivity contribution is 6.93. The number of benzene rings is 1. The molecular formula is C19H28OSi. The highest BCUT2D eigenvalue weighted by Gasteiger charge is 2.47. The third-order valence-electron chi connectivity index (χ3n) is 4.83. The third-order valence-corrected chi connectivity index (χ3v) is 11.8. The van der Waals surface area contributed by atoms with Crippen molar-refractivity contribution in [3.05, 3.63) is 47.7 Å². The van der Waals surface area contributed by atoms with Crippen LogP contribution in [0.25, 0.3) is 5.57 Å². The first-order valence-electron chi connectivity index (χ1n) is 7.80. The molecule has 1 aromatic rings. The first kappa shape index (κ1) is 17.7. The Bertz CT molecular complexity index is 512. The van der Waals surface area contributed by atoms with Gasteiger partial charge in [0.15, 0.2) is 0 Å². The zero-order valence-electron chi connectivity index (χ0n) is 14.2. The maximum atomic E-state index is 11.9. The van der Waals surface area contributed by atoms with E-state index < -0.39 is 8.07 Å². The monoisotopic (exact) mass is 300 g/mol. The van der Waals surface area contributed by atoms with Crippen molar-refractivity contribution in [1.82, 2.24) is 0 Å². The number of rotatable bonds is 6. The SMILES string of the molecule is C=C(C(=C=O)[Si](C(C)C)(C(C)C)C(C)C)c1ccccc1. The molecule has 0 N–H and O–H groups in total. The maximum Gasteiger partial charge on any atom is 0.123 e. The van der Waals surface area contributed by atoms with Crippen LogP contribution in [0.5, 0.6) is 0 Å². The predicted octanol–water partition coefficient (Wildman–Crippen LogP) is 5.68. The van der Waals surface area contributed by atoms with Gasteiger partial charge >= 0.3 is 0 Å². The zero-order chi connectivity index (χ0) is 16.2. The normalized spacial score (nSPS) is 11.9. The Labute approximate surface area is 130 Å². The summed E-state index contributed by atoms with van der Waals surface area (Å²) in [6, 6.07) is 10.0. The highest BCUT2D eigenvalue weighted by atomic mass is 28.3. The summed E-state index contributed by atoms with van der Waals surface area (Å²) < 4.78 is 0. The molecule has 1 rings (SSSR count). The van der Waals surface area contributed by atoms with Crippen LogP contribution < -0.4 is 0 Å². The lowest BCUT2D eigenvalue weighted by atomic mass is 10.1. The largest absolute Gasteiger partial charge is 0.234 e. The molecule has 0 aromatic heterocycles. The Morgan fingerprint density at radius 3 is 1.71 bits per heavy atom. The van der Waals surface area contributed by atoms with E-state index in [9.17, 15) is 4.79 Å². The number of carbonyl (C=O) groups excluding carboxylic acids is 1. The van der Waals surface area contributed by atoms with Crippen LogP contribution in [0.2, 0.25) is 16.6 Å². The van der Waals surface area contributed by atoms with E-state index in [2.05, 4.69) is 54.1 Å². The fourth-order valence-electron chi connectivity index (χ4n) is 4.06. The van der Waals surface area contributed by atoms with Crippen LogP contribution in [0.1, 0.15) is 47.1 Å². The van der Waals surface area contributed by atoms with Crippen molar-refractivity contribution in [3.8, 4) is 0 Å². The summed E-state index contributed by atoms with van der Waals surface area (Å²) >= 11 is 0. The van der Waals surface area contributed by atoms with Gasteiger partial charge in [0.1, 0.15) is 14.0 Å². The molecule has 21 heavy (non-hydrogen) atoms. The summed E-state index contributed by atoms with van der Waals surface area (Å²) in [5.41, 5.74) is 3.35. The van der Waals surface area contributed by atoms with E-state index >= 15 is 0 Å². The van der Waals surface area contributed by atoms with Gasteiger partial charge in [0, 0.05) is 5.20 Å². The van der Waals surface area contributed by atoms with Crippen molar-refractivity contribution < 1.29 is 4.79 Å². The third kappa shape index (κ3) is 3.12. The molecule has 114 valence electrons. The lowest BCUT2D eigenvalue weighted by molar-refractivity contribution is 0.568. The summed E-state index contributed by atoms with van der Waals surface area (Å²) in [6.07, 6.45) is 0. The average Bonchev–Trinajstić information content (AvgIpc) is 2.43. The fraction of sp³-hybridized carbons (Fsp3) is 0.474. The molecule has 0 aliphatic heterocycles. The Kier molecular flexibility index (Phi) is 5.95. The molecule has 0 saturated heterocycles. The van der Waals surface area contributed by atoms with Crippen molar-refractivity contribution in [2.24, 2.45) is 0 Å². The zero-order valence-corrected chi connectivity index (χ0v) is 15.2. The second-order valence-electron chi connectivity index (χ2n) is 6.72. The Morgan fingerprint density at radius 2 is 1.38 bits per heavy atom. The van der Waals surface area contributed by atoms with Crippen molar-refractivity contribution in [3.63, 3.8) is 0 Å². The quantitative estimate of drug-likeness (QED) is 0.375. The van der Waals surface area contributed by atoms with Crippen LogP contribution in [-0.4, -0.2) is 14.0 Å². The molecule has 0 unspecified atom stereocenters. The molecule has 0 radical (unpaired) electrons. The summed E-state index contributed by atoms with van der Waals surface area (Å²) in [6.45, 7) is 17.8. The van der Waals surface area contributed by atoms with E-state index in [0.717, 1.165) is 16.3 Å². The Balaban J connectivity index is 3.48. The van der Waals surface area contributed by atoms with Gasteiger partial charge in [0.2, 0.25) is 0 Å². The van der Waals surface area contributed by atoms with E-state index in [4.69, 9.17) is 0 Å². The van der Waals surface area contributed by atoms with E-state index in [1.54, 1.807) is 0 Å². The molecule has 2 heteroatoms. The van der Waals surface area contributed by atoms with Crippen LogP contribution in [0.4, 0.5) is 0 Å². The summed E-state index contributed by atoms with van der Waals surface area (Å²) in [5.74, 6) is 2.31. The average molecular weight is 301 g/mol. The van der Waals surface area contributed by atoms with E-state index in [0.29, 0.717) is 16.6 Å². The van der Waals surface area contributed by atoms with Crippen LogP contribution in [0, 0.1) is 0 Å². The summed E-state index contributed by atoms with van der Waals surface area (Å²) in [4.78, 5) is 11.9. The van der Waals surface area contributed by atoms with Crippen molar-refractivity contribution in [2.45, 2.75) is 58.2 Å². The molecule has 0 aliphatic carbocycles. The number of hydrogen-bond donors (Lipinski definition) is 0. The standard InChI is InChI=1S/C19H28OSi/c1-14(2)21(15(3)4,16(5)6)19(13-20)17(7)18-11-9-8-10-12-18/h8-12,14-16H,7H2,1-6H3. The molecule has 0 heterocycles. The Morgan fingerprint density at radius 1 is 0.952 bits per heavy atom. The van der Waals surface area contributed by atoms with Crippen molar-refractivity contribution in [1.29, 1.82) is 0 Å². The molecule has 1 aromatic carbocycles. The second-order valence-corrected chi connectivity index (χ2v) is 12.5. The first-order valence-corrected chi connectivity index (χ1v) is 10.0. The lowest BCUT2D eigenvalue weighted by Gasteiger charge is -2.44. The van der Waals surface area contributed by atoms with Gasteiger partial charge in [-0.05, 0) is 27.8 Å². The van der Waals surface area contributed by atoms with Gasteiger partial charge in [0.25, 0.3) is 0 Å². The van der Waals surface area contributed by atoms with E-state index in [1.807, 2.05) is 30.3 Å². The summed E-state index contributed by atoms with van der Waals surface area (Å²) in [7, 11) is -2.01. The molecule has 0 bridgehead atoms. The van der Waals surface area contributed by atoms with Crippen molar-refractivity contribution in [2.75, 3.05) is 0 Å². The van der Waals surface area contributed by atoms with E-state index in [-0.39, 0.29) is 0 Å². The molecule has 0 amide bonds. The van der Waals surface area contributed by atoms with Gasteiger partial charge in [-0.2, -0.15) is 0 Å². The van der Waals surface area contributed by atoms with Gasteiger partial charge < -0.3 is 0 Å². The molecule has 0 aliphatic rings. The first-order chi connectivity index (χ1) is 9.79. The molecule has 0 atom stereocenters. The van der Waals surface area contributed by atoms with Crippen LogP contribution in [0.3, 0.4) is 0 Å². The minimum Gasteiger partial charge on any atom is -0.234 e. The van der Waals surface area contributed by atoms with Gasteiger partial charge in [-0.3, -0.25) is 0 Å². The molecular weight excluding hydrogens is 272 g/mol. The van der Waals surface area contributed by atoms with Crippen LogP contribution in [-0.2, 0) is 4.79 Å². The van der Waals surface area contributed by atoms with Gasteiger partial charge in [-0.1, -0.05) is 78.5 Å². The maximum absolute atomic E-state index is 11.9. The van der Waals surface area contributed by atoms with Gasteiger partial charge in [-0.15, -0.1) is 0 Å². The van der Waals surface area contributed by atoms with Crippen LogP contribution in [0.15, 0.2) is 42.1 Å². The minimum absolute atomic E-state index is 0.481. The molecule has 1 nitrogen and oxygen atoms in total. The van der Waals surface area contributed by atoms with Gasteiger partial charge in [-0.25, -0.2) is 4.79 Å². The highest BCUT2D eigenvalue weighted by Crippen LogP contribution is 2.48. The lowest BCUT2D eigenvalue weighted by Crippen LogP contribution is -2.47. The van der Waals surface area contributed by atoms with Gasteiger partial charge in [0.05, 0.1) is 0 Å². The molecule has 0 spiro atoms. The molecule has 0 saturated carbocycles. The summed E-state index contributed by atoms with van der Waals surface area (Å²) in [5, 5.41) is 0.869. The predicted molar refractivity (Wildman–Crippen MR) is 95.7 cm³/mol. The molecule has 0 fully saturated rings. The van der Waals surface area contributed by atoms with Crippen molar-refractivity contribution >= 4 is 19.6 Å². The van der Waals surface area contributed by atoms with Crippen LogP contribution >= 0.6 is 0 Å². The second kappa shape index (κ2) is 7.06. The van der Waals surface area contributed by atoms with E-state index in [1.165, 1.54) is 0 Å². The number of hydrogen-bond acceptors (Lipinski definition) is 1. The topological polar surface area (TPSA) is 17.1 Å². The fourth-order valence-corrected chi connectivity index (χ4v) is 10.6. The minimum atomic E-state index is -2.01. The number of allylic oxidation sites excluding steroid dienone is 2.